The number of piperidine rings is 1. The maximum atomic E-state index is 14.0. The highest BCUT2D eigenvalue weighted by molar-refractivity contribution is 5.97. The van der Waals surface area contributed by atoms with Crippen molar-refractivity contribution in [2.24, 2.45) is 5.92 Å². The molecule has 0 aliphatic carbocycles. The maximum Gasteiger partial charge on any atom is 0.228 e. The van der Waals surface area contributed by atoms with E-state index in [1.807, 2.05) is 53.4 Å². The van der Waals surface area contributed by atoms with Gasteiger partial charge in [0.25, 0.3) is 0 Å². The Bertz CT molecular complexity index is 1260. The SMILES string of the molecule is COc1ccc([C@@H]2[C@@H](C(=O)N3CCN(c4ccc(F)cc4)CC3)CCC(=O)N2c2ccc(OC)cc2)cc1. The molecule has 3 aromatic rings. The summed E-state index contributed by atoms with van der Waals surface area (Å²) in [7, 11) is 3.21. The van der Waals surface area contributed by atoms with Crippen LogP contribution in [0.4, 0.5) is 15.8 Å². The Morgan fingerprint density at radius 2 is 1.34 bits per heavy atom. The number of carbonyl (C=O) groups excluding carboxylic acids is 2. The minimum absolute atomic E-state index is 0.0128. The van der Waals surface area contributed by atoms with Gasteiger partial charge >= 0.3 is 0 Å². The first-order valence-electron chi connectivity index (χ1n) is 12.9. The lowest BCUT2D eigenvalue weighted by Gasteiger charge is -2.44. The van der Waals surface area contributed by atoms with Crippen LogP contribution in [0, 0.1) is 11.7 Å². The molecule has 2 atom stereocenters. The molecule has 0 unspecified atom stereocenters. The predicted molar refractivity (Wildman–Crippen MR) is 144 cm³/mol. The number of halogens is 1. The summed E-state index contributed by atoms with van der Waals surface area (Å²) >= 11 is 0. The van der Waals surface area contributed by atoms with Crippen LogP contribution in [0.5, 0.6) is 11.5 Å². The molecule has 8 heteroatoms. The fraction of sp³-hybridized carbons (Fsp3) is 0.333. The summed E-state index contributed by atoms with van der Waals surface area (Å²) in [6, 6.07) is 21.0. The van der Waals surface area contributed by atoms with Crippen molar-refractivity contribution in [1.82, 2.24) is 4.90 Å². The van der Waals surface area contributed by atoms with Gasteiger partial charge in [0.15, 0.2) is 0 Å². The zero-order chi connectivity index (χ0) is 26.6. The van der Waals surface area contributed by atoms with Crippen LogP contribution in [0.2, 0.25) is 0 Å². The number of benzene rings is 3. The number of amides is 2. The van der Waals surface area contributed by atoms with Crippen LogP contribution in [0.3, 0.4) is 0 Å². The van der Waals surface area contributed by atoms with Crippen molar-refractivity contribution in [3.63, 3.8) is 0 Å². The van der Waals surface area contributed by atoms with Gasteiger partial charge in [-0.05, 0) is 72.6 Å². The van der Waals surface area contributed by atoms with Crippen molar-refractivity contribution in [1.29, 1.82) is 0 Å². The number of nitrogens with zero attached hydrogens (tertiary/aromatic N) is 3. The Kier molecular flexibility index (Phi) is 7.49. The molecule has 3 aromatic carbocycles. The first-order chi connectivity index (χ1) is 18.5. The Balaban J connectivity index is 1.41. The van der Waals surface area contributed by atoms with Crippen molar-refractivity contribution in [3.8, 4) is 11.5 Å². The molecule has 0 bridgehead atoms. The molecule has 2 fully saturated rings. The van der Waals surface area contributed by atoms with Crippen LogP contribution in [-0.4, -0.2) is 57.1 Å². The summed E-state index contributed by atoms with van der Waals surface area (Å²) in [6.45, 7) is 2.47. The van der Waals surface area contributed by atoms with Crippen molar-refractivity contribution < 1.29 is 23.5 Å². The average molecular weight is 518 g/mol. The highest BCUT2D eigenvalue weighted by Crippen LogP contribution is 2.41. The highest BCUT2D eigenvalue weighted by Gasteiger charge is 2.43. The molecule has 38 heavy (non-hydrogen) atoms. The lowest BCUT2D eigenvalue weighted by atomic mass is 9.82. The molecule has 7 nitrogen and oxygen atoms in total. The van der Waals surface area contributed by atoms with E-state index < -0.39 is 6.04 Å². The van der Waals surface area contributed by atoms with Gasteiger partial charge in [0.1, 0.15) is 17.3 Å². The van der Waals surface area contributed by atoms with E-state index >= 15 is 0 Å². The van der Waals surface area contributed by atoms with E-state index in [1.165, 1.54) is 12.1 Å². The Morgan fingerprint density at radius 1 is 0.789 bits per heavy atom. The van der Waals surface area contributed by atoms with Gasteiger partial charge in [-0.15, -0.1) is 0 Å². The third-order valence-electron chi connectivity index (χ3n) is 7.51. The van der Waals surface area contributed by atoms with Crippen molar-refractivity contribution in [3.05, 3.63) is 84.2 Å². The quantitative estimate of drug-likeness (QED) is 0.475. The van der Waals surface area contributed by atoms with Crippen LogP contribution in [0.1, 0.15) is 24.4 Å². The van der Waals surface area contributed by atoms with Crippen LogP contribution < -0.4 is 19.3 Å². The van der Waals surface area contributed by atoms with E-state index in [1.54, 1.807) is 31.3 Å². The van der Waals surface area contributed by atoms with E-state index in [9.17, 15) is 14.0 Å². The predicted octanol–water partition coefficient (Wildman–Crippen LogP) is 4.68. The zero-order valence-electron chi connectivity index (χ0n) is 21.7. The third kappa shape index (κ3) is 5.16. The first-order valence-corrected chi connectivity index (χ1v) is 12.9. The van der Waals surface area contributed by atoms with E-state index in [-0.39, 0.29) is 23.5 Å². The van der Waals surface area contributed by atoms with Crippen LogP contribution in [0.15, 0.2) is 72.8 Å². The second-order valence-corrected chi connectivity index (χ2v) is 9.61. The lowest BCUT2D eigenvalue weighted by molar-refractivity contribution is -0.138. The number of hydrogen-bond acceptors (Lipinski definition) is 5. The lowest BCUT2D eigenvalue weighted by Crippen LogP contribution is -2.54. The van der Waals surface area contributed by atoms with Gasteiger partial charge in [-0.25, -0.2) is 4.39 Å². The number of hydrogen-bond donors (Lipinski definition) is 0. The second-order valence-electron chi connectivity index (χ2n) is 9.61. The standard InChI is InChI=1S/C30H32FN3O4/c1-37-25-11-3-21(4-12-25)29-27(15-16-28(35)34(29)24-9-13-26(38-2)14-10-24)30(36)33-19-17-32(18-20-33)23-7-5-22(31)6-8-23/h3-14,27,29H,15-20H2,1-2H3/t27-,29+/m0/s1. The van der Waals surface area contributed by atoms with Gasteiger partial charge in [0, 0.05) is 44.0 Å². The van der Waals surface area contributed by atoms with Crippen molar-refractivity contribution in [2.45, 2.75) is 18.9 Å². The number of methoxy groups -OCH3 is 2. The van der Waals surface area contributed by atoms with E-state index in [4.69, 9.17) is 9.47 Å². The van der Waals surface area contributed by atoms with E-state index in [0.29, 0.717) is 50.5 Å². The van der Waals surface area contributed by atoms with Crippen molar-refractivity contribution >= 4 is 23.2 Å². The summed E-state index contributed by atoms with van der Waals surface area (Å²) in [5.41, 5.74) is 2.57. The summed E-state index contributed by atoms with van der Waals surface area (Å²) in [5, 5.41) is 0. The number of ether oxygens (including phenoxy) is 2. The molecule has 5 rings (SSSR count). The molecular formula is C30H32FN3O4. The molecular weight excluding hydrogens is 485 g/mol. The average Bonchev–Trinajstić information content (AvgIpc) is 2.97. The van der Waals surface area contributed by atoms with E-state index in [0.717, 1.165) is 16.9 Å². The molecule has 198 valence electrons. The fourth-order valence-corrected chi connectivity index (χ4v) is 5.45. The number of piperazine rings is 1. The molecule has 0 saturated carbocycles. The van der Waals surface area contributed by atoms with Crippen LogP contribution >= 0.6 is 0 Å². The molecule has 2 heterocycles. The molecule has 2 amide bonds. The fourth-order valence-electron chi connectivity index (χ4n) is 5.45. The number of carbonyl (C=O) groups is 2. The number of rotatable bonds is 6. The molecule has 0 spiro atoms. The number of anilines is 2. The van der Waals surface area contributed by atoms with Crippen molar-refractivity contribution in [2.75, 3.05) is 50.2 Å². The molecule has 0 radical (unpaired) electrons. The monoisotopic (exact) mass is 517 g/mol. The van der Waals surface area contributed by atoms with Gasteiger partial charge in [-0.2, -0.15) is 0 Å². The van der Waals surface area contributed by atoms with E-state index in [2.05, 4.69) is 4.90 Å². The zero-order valence-corrected chi connectivity index (χ0v) is 21.7. The minimum atomic E-state index is -0.446. The van der Waals surface area contributed by atoms with Gasteiger partial charge in [0.2, 0.25) is 11.8 Å². The molecule has 0 aromatic heterocycles. The first kappa shape index (κ1) is 25.6. The van der Waals surface area contributed by atoms with Gasteiger partial charge in [0.05, 0.1) is 26.2 Å². The van der Waals surface area contributed by atoms with Crippen LogP contribution in [-0.2, 0) is 9.59 Å². The van der Waals surface area contributed by atoms with Gasteiger partial charge in [-0.1, -0.05) is 12.1 Å². The summed E-state index contributed by atoms with van der Waals surface area (Å²) in [4.78, 5) is 33.2. The summed E-state index contributed by atoms with van der Waals surface area (Å²) in [5.74, 6) is 0.801. The topological polar surface area (TPSA) is 62.3 Å². The normalized spacial score (nSPS) is 19.9. The molecule has 2 aliphatic rings. The maximum absolute atomic E-state index is 14.0. The molecule has 2 aliphatic heterocycles. The second kappa shape index (κ2) is 11.1. The Hall–Kier alpha value is -4.07. The Morgan fingerprint density at radius 3 is 1.92 bits per heavy atom. The summed E-state index contributed by atoms with van der Waals surface area (Å²) < 4.78 is 24.0. The Labute approximate surface area is 222 Å². The summed E-state index contributed by atoms with van der Waals surface area (Å²) in [6.07, 6.45) is 0.782. The largest absolute Gasteiger partial charge is 0.497 e. The van der Waals surface area contributed by atoms with Gasteiger partial charge in [-0.3, -0.25) is 9.59 Å². The van der Waals surface area contributed by atoms with Gasteiger partial charge < -0.3 is 24.2 Å². The smallest absolute Gasteiger partial charge is 0.228 e. The molecule has 2 saturated heterocycles. The highest BCUT2D eigenvalue weighted by atomic mass is 19.1. The third-order valence-corrected chi connectivity index (χ3v) is 7.51. The minimum Gasteiger partial charge on any atom is -0.497 e. The molecule has 0 N–H and O–H groups in total. The van der Waals surface area contributed by atoms with Crippen LogP contribution in [0.25, 0.3) is 0 Å².